The SMILES string of the molecule is CCCN1CCC(CN=C(NCC)NCCc2ccc3c(c2)OCO3)CC1.I. The Morgan fingerprint density at radius 2 is 1.93 bits per heavy atom. The highest BCUT2D eigenvalue weighted by molar-refractivity contribution is 14.0. The van der Waals surface area contributed by atoms with Crippen LogP contribution in [0, 0.1) is 5.92 Å². The van der Waals surface area contributed by atoms with Crippen molar-refractivity contribution in [2.75, 3.05) is 46.1 Å². The molecule has 1 aromatic carbocycles. The lowest BCUT2D eigenvalue weighted by atomic mass is 9.97. The molecule has 158 valence electrons. The van der Waals surface area contributed by atoms with Crippen molar-refractivity contribution in [3.8, 4) is 11.5 Å². The first-order valence-electron chi connectivity index (χ1n) is 10.4. The van der Waals surface area contributed by atoms with Gasteiger partial charge < -0.3 is 25.0 Å². The Labute approximate surface area is 186 Å². The Morgan fingerprint density at radius 1 is 1.14 bits per heavy atom. The lowest BCUT2D eigenvalue weighted by Gasteiger charge is -2.31. The number of halogens is 1. The number of piperidine rings is 1. The lowest BCUT2D eigenvalue weighted by molar-refractivity contribution is 0.174. The maximum absolute atomic E-state index is 5.45. The molecule has 1 saturated heterocycles. The molecule has 0 amide bonds. The highest BCUT2D eigenvalue weighted by Gasteiger charge is 2.18. The fourth-order valence-corrected chi connectivity index (χ4v) is 3.69. The number of fused-ring (bicyclic) bond motifs is 1. The summed E-state index contributed by atoms with van der Waals surface area (Å²) >= 11 is 0. The third kappa shape index (κ3) is 6.99. The average Bonchev–Trinajstić information content (AvgIpc) is 3.15. The summed E-state index contributed by atoms with van der Waals surface area (Å²) in [7, 11) is 0. The van der Waals surface area contributed by atoms with Crippen LogP contribution in [0.2, 0.25) is 0 Å². The van der Waals surface area contributed by atoms with Crippen molar-refractivity contribution in [1.29, 1.82) is 0 Å². The van der Waals surface area contributed by atoms with E-state index in [9.17, 15) is 0 Å². The molecule has 0 saturated carbocycles. The van der Waals surface area contributed by atoms with Crippen LogP contribution in [0.1, 0.15) is 38.7 Å². The number of nitrogens with zero attached hydrogens (tertiary/aromatic N) is 2. The van der Waals surface area contributed by atoms with Crippen LogP contribution in [0.25, 0.3) is 0 Å². The Bertz CT molecular complexity index is 618. The normalized spacial score (nSPS) is 17.3. The van der Waals surface area contributed by atoms with Crippen LogP contribution >= 0.6 is 24.0 Å². The topological polar surface area (TPSA) is 58.1 Å². The molecule has 0 aromatic heterocycles. The Hall–Kier alpha value is -1.22. The van der Waals surface area contributed by atoms with E-state index in [-0.39, 0.29) is 24.0 Å². The number of hydrogen-bond donors (Lipinski definition) is 2. The van der Waals surface area contributed by atoms with Gasteiger partial charge in [-0.2, -0.15) is 0 Å². The van der Waals surface area contributed by atoms with Gasteiger partial charge in [-0.15, -0.1) is 24.0 Å². The van der Waals surface area contributed by atoms with Crippen molar-refractivity contribution in [3.63, 3.8) is 0 Å². The molecule has 7 heteroatoms. The molecule has 2 aliphatic heterocycles. The molecule has 28 heavy (non-hydrogen) atoms. The molecular weight excluding hydrogens is 467 g/mol. The monoisotopic (exact) mass is 502 g/mol. The number of likely N-dealkylation sites (tertiary alicyclic amines) is 1. The van der Waals surface area contributed by atoms with E-state index in [1.54, 1.807) is 0 Å². The van der Waals surface area contributed by atoms with E-state index in [1.807, 2.05) is 6.07 Å². The van der Waals surface area contributed by atoms with Crippen molar-refractivity contribution in [2.24, 2.45) is 10.9 Å². The molecule has 0 bridgehead atoms. The summed E-state index contributed by atoms with van der Waals surface area (Å²) in [5, 5.41) is 6.82. The molecule has 0 radical (unpaired) electrons. The van der Waals surface area contributed by atoms with Gasteiger partial charge in [0.05, 0.1) is 0 Å². The van der Waals surface area contributed by atoms with Gasteiger partial charge in [0.2, 0.25) is 6.79 Å². The van der Waals surface area contributed by atoms with Gasteiger partial charge in [0.1, 0.15) is 0 Å². The van der Waals surface area contributed by atoms with Gasteiger partial charge in [-0.3, -0.25) is 4.99 Å². The molecule has 2 N–H and O–H groups in total. The van der Waals surface area contributed by atoms with Crippen LogP contribution in [0.5, 0.6) is 11.5 Å². The number of nitrogens with one attached hydrogen (secondary N) is 2. The van der Waals surface area contributed by atoms with Crippen LogP contribution in [0.4, 0.5) is 0 Å². The van der Waals surface area contributed by atoms with Crippen LogP contribution in [0.3, 0.4) is 0 Å². The first-order chi connectivity index (χ1) is 13.3. The molecule has 0 aliphatic carbocycles. The summed E-state index contributed by atoms with van der Waals surface area (Å²) in [6, 6.07) is 6.16. The molecule has 2 heterocycles. The van der Waals surface area contributed by atoms with Crippen molar-refractivity contribution >= 4 is 29.9 Å². The molecule has 0 unspecified atom stereocenters. The van der Waals surface area contributed by atoms with E-state index < -0.39 is 0 Å². The van der Waals surface area contributed by atoms with Gasteiger partial charge in [0.15, 0.2) is 17.5 Å². The lowest BCUT2D eigenvalue weighted by Crippen LogP contribution is -2.39. The van der Waals surface area contributed by atoms with E-state index in [2.05, 4.69) is 41.5 Å². The highest BCUT2D eigenvalue weighted by Crippen LogP contribution is 2.32. The first-order valence-corrected chi connectivity index (χ1v) is 10.4. The molecular formula is C21H35IN4O2. The fraction of sp³-hybridized carbons (Fsp3) is 0.667. The van der Waals surface area contributed by atoms with E-state index in [0.717, 1.165) is 43.5 Å². The van der Waals surface area contributed by atoms with Crippen molar-refractivity contribution < 1.29 is 9.47 Å². The molecule has 1 aromatic rings. The summed E-state index contributed by atoms with van der Waals surface area (Å²) < 4.78 is 10.8. The molecule has 6 nitrogen and oxygen atoms in total. The molecule has 1 fully saturated rings. The van der Waals surface area contributed by atoms with E-state index in [4.69, 9.17) is 14.5 Å². The van der Waals surface area contributed by atoms with Crippen LogP contribution in [-0.4, -0.2) is 56.9 Å². The predicted octanol–water partition coefficient (Wildman–Crippen LogP) is 3.25. The number of ether oxygens (including phenoxy) is 2. The largest absolute Gasteiger partial charge is 0.454 e. The van der Waals surface area contributed by atoms with Crippen LogP contribution in [0.15, 0.2) is 23.2 Å². The Balaban J connectivity index is 0.00000280. The quantitative estimate of drug-likeness (QED) is 0.325. The zero-order chi connectivity index (χ0) is 18.9. The Morgan fingerprint density at radius 3 is 2.68 bits per heavy atom. The molecule has 3 rings (SSSR count). The van der Waals surface area contributed by atoms with Crippen molar-refractivity contribution in [1.82, 2.24) is 15.5 Å². The van der Waals surface area contributed by atoms with Crippen LogP contribution < -0.4 is 20.1 Å². The Kier molecular flexibility index (Phi) is 10.2. The smallest absolute Gasteiger partial charge is 0.231 e. The van der Waals surface area contributed by atoms with Gasteiger partial charge >= 0.3 is 0 Å². The zero-order valence-corrected chi connectivity index (χ0v) is 19.5. The molecule has 0 atom stereocenters. The van der Waals surface area contributed by atoms with Gasteiger partial charge in [-0.25, -0.2) is 0 Å². The first kappa shape index (κ1) is 23.1. The van der Waals surface area contributed by atoms with E-state index in [1.165, 1.54) is 44.5 Å². The molecule has 2 aliphatic rings. The second-order valence-electron chi connectivity index (χ2n) is 7.37. The summed E-state index contributed by atoms with van der Waals surface area (Å²) in [4.78, 5) is 7.41. The number of rotatable bonds is 8. The van der Waals surface area contributed by atoms with Crippen molar-refractivity contribution in [2.45, 2.75) is 39.5 Å². The summed E-state index contributed by atoms with van der Waals surface area (Å²) in [6.07, 6.45) is 4.71. The number of hydrogen-bond acceptors (Lipinski definition) is 4. The molecule has 0 spiro atoms. The second-order valence-corrected chi connectivity index (χ2v) is 7.37. The number of benzene rings is 1. The summed E-state index contributed by atoms with van der Waals surface area (Å²) in [5.41, 5.74) is 1.24. The fourth-order valence-electron chi connectivity index (χ4n) is 3.69. The number of aliphatic imine (C=N–C) groups is 1. The van der Waals surface area contributed by atoms with Gasteiger partial charge in [-0.05, 0) is 75.9 Å². The van der Waals surface area contributed by atoms with Crippen LogP contribution in [-0.2, 0) is 6.42 Å². The second kappa shape index (κ2) is 12.4. The maximum Gasteiger partial charge on any atom is 0.231 e. The average molecular weight is 502 g/mol. The minimum atomic E-state index is 0. The minimum absolute atomic E-state index is 0. The summed E-state index contributed by atoms with van der Waals surface area (Å²) in [5.74, 6) is 3.32. The van der Waals surface area contributed by atoms with Gasteiger partial charge in [0, 0.05) is 19.6 Å². The third-order valence-electron chi connectivity index (χ3n) is 5.24. The van der Waals surface area contributed by atoms with Crippen molar-refractivity contribution in [3.05, 3.63) is 23.8 Å². The highest BCUT2D eigenvalue weighted by atomic mass is 127. The standard InChI is InChI=1S/C21H34N4O2.HI/c1-3-11-25-12-8-18(9-13-25)15-24-21(22-4-2)23-10-7-17-5-6-19-20(14-17)27-16-26-19;/h5-6,14,18H,3-4,7-13,15-16H2,1-2H3,(H2,22,23,24);1H. The maximum atomic E-state index is 5.45. The van der Waals surface area contributed by atoms with Gasteiger partial charge in [-0.1, -0.05) is 13.0 Å². The predicted molar refractivity (Wildman–Crippen MR) is 125 cm³/mol. The number of guanidine groups is 1. The van der Waals surface area contributed by atoms with E-state index >= 15 is 0 Å². The zero-order valence-electron chi connectivity index (χ0n) is 17.2. The minimum Gasteiger partial charge on any atom is -0.454 e. The van der Waals surface area contributed by atoms with Gasteiger partial charge in [0.25, 0.3) is 0 Å². The summed E-state index contributed by atoms with van der Waals surface area (Å²) in [6.45, 7) is 11.0. The third-order valence-corrected chi connectivity index (χ3v) is 5.24. The van der Waals surface area contributed by atoms with E-state index in [0.29, 0.717) is 12.7 Å².